The first kappa shape index (κ1) is 13.5. The van der Waals surface area contributed by atoms with E-state index in [0.29, 0.717) is 13.0 Å². The first-order valence-corrected chi connectivity index (χ1v) is 6.57. The molecule has 1 heterocycles. The van der Waals surface area contributed by atoms with Gasteiger partial charge in [-0.3, -0.25) is 4.79 Å². The van der Waals surface area contributed by atoms with Crippen LogP contribution in [0.15, 0.2) is 36.7 Å². The number of ketones is 1. The van der Waals surface area contributed by atoms with E-state index in [0.717, 1.165) is 29.9 Å². The number of imidazole rings is 1. The fourth-order valence-electron chi connectivity index (χ4n) is 2.20. The zero-order valence-corrected chi connectivity index (χ0v) is 11.2. The van der Waals surface area contributed by atoms with E-state index in [1.807, 2.05) is 42.0 Å². The Bertz CT molecular complexity index is 560. The summed E-state index contributed by atoms with van der Waals surface area (Å²) >= 11 is 0. The Hall–Kier alpha value is -1.94. The summed E-state index contributed by atoms with van der Waals surface area (Å²) in [7, 11) is 0. The second kappa shape index (κ2) is 6.29. The molecule has 19 heavy (non-hydrogen) atoms. The second-order valence-electron chi connectivity index (χ2n) is 4.43. The zero-order valence-electron chi connectivity index (χ0n) is 11.2. The lowest BCUT2D eigenvalue weighted by molar-refractivity contribution is 0.0989. The number of hydrogen-bond donors (Lipinski definition) is 1. The Balaban J connectivity index is 2.20. The number of carbonyl (C=O) groups is 1. The molecule has 0 spiro atoms. The van der Waals surface area contributed by atoms with Gasteiger partial charge in [-0.15, -0.1) is 0 Å². The molecule has 100 valence electrons. The number of Topliss-reactive ketones (excluding diaryl/α,β-unsaturated/α-hetero) is 1. The fraction of sp³-hybridized carbons (Fsp3) is 0.333. The van der Waals surface area contributed by atoms with Gasteiger partial charge >= 0.3 is 0 Å². The first-order chi connectivity index (χ1) is 9.26. The number of rotatable bonds is 6. The maximum Gasteiger partial charge on any atom is 0.170 e. The maximum atomic E-state index is 12.4. The molecule has 0 aliphatic rings. The van der Waals surface area contributed by atoms with Gasteiger partial charge in [0.25, 0.3) is 0 Å². The van der Waals surface area contributed by atoms with Crippen LogP contribution >= 0.6 is 0 Å². The van der Waals surface area contributed by atoms with Crippen molar-refractivity contribution < 1.29 is 4.79 Å². The van der Waals surface area contributed by atoms with Gasteiger partial charge in [-0.25, -0.2) is 4.98 Å². The zero-order chi connectivity index (χ0) is 13.7. The van der Waals surface area contributed by atoms with Crippen molar-refractivity contribution in [2.75, 3.05) is 6.54 Å². The molecule has 0 unspecified atom stereocenters. The van der Waals surface area contributed by atoms with Crippen molar-refractivity contribution in [2.24, 2.45) is 5.73 Å². The molecule has 0 amide bonds. The van der Waals surface area contributed by atoms with E-state index >= 15 is 0 Å². The van der Waals surface area contributed by atoms with Gasteiger partial charge in [0.05, 0.1) is 6.42 Å². The summed E-state index contributed by atoms with van der Waals surface area (Å²) in [6.45, 7) is 3.42. The van der Waals surface area contributed by atoms with Crippen molar-refractivity contribution in [3.05, 3.63) is 53.6 Å². The van der Waals surface area contributed by atoms with Gasteiger partial charge in [0.1, 0.15) is 5.82 Å². The van der Waals surface area contributed by atoms with Crippen LogP contribution in [0.25, 0.3) is 0 Å². The van der Waals surface area contributed by atoms with Crippen molar-refractivity contribution in [1.82, 2.24) is 9.55 Å². The van der Waals surface area contributed by atoms with Crippen molar-refractivity contribution in [3.63, 3.8) is 0 Å². The van der Waals surface area contributed by atoms with E-state index in [1.54, 1.807) is 6.20 Å². The molecule has 2 rings (SSSR count). The van der Waals surface area contributed by atoms with Gasteiger partial charge in [-0.05, 0) is 25.5 Å². The van der Waals surface area contributed by atoms with Crippen LogP contribution in [0.2, 0.25) is 0 Å². The number of aromatic nitrogens is 2. The van der Waals surface area contributed by atoms with E-state index in [-0.39, 0.29) is 5.78 Å². The molecule has 4 nitrogen and oxygen atoms in total. The quantitative estimate of drug-likeness (QED) is 0.803. The molecule has 0 saturated heterocycles. The van der Waals surface area contributed by atoms with E-state index in [4.69, 9.17) is 5.73 Å². The number of hydrogen-bond acceptors (Lipinski definition) is 3. The van der Waals surface area contributed by atoms with Crippen LogP contribution in [0.4, 0.5) is 0 Å². The topological polar surface area (TPSA) is 60.9 Å². The number of carbonyl (C=O) groups excluding carboxylic acids is 1. The first-order valence-electron chi connectivity index (χ1n) is 6.57. The molecule has 0 aliphatic carbocycles. The SMILES string of the molecule is CCn1ccnc1CC(=O)c1ccccc1CCN. The Labute approximate surface area is 113 Å². The third kappa shape index (κ3) is 3.09. The summed E-state index contributed by atoms with van der Waals surface area (Å²) in [6, 6.07) is 7.66. The van der Waals surface area contributed by atoms with Crippen molar-refractivity contribution in [2.45, 2.75) is 26.3 Å². The van der Waals surface area contributed by atoms with E-state index in [1.165, 1.54) is 0 Å². The highest BCUT2D eigenvalue weighted by Crippen LogP contribution is 2.13. The van der Waals surface area contributed by atoms with Crippen LogP contribution in [-0.4, -0.2) is 21.9 Å². The van der Waals surface area contributed by atoms with Crippen molar-refractivity contribution in [3.8, 4) is 0 Å². The van der Waals surface area contributed by atoms with Crippen molar-refractivity contribution >= 4 is 5.78 Å². The molecular formula is C15H19N3O. The smallest absolute Gasteiger partial charge is 0.170 e. The van der Waals surface area contributed by atoms with Gasteiger partial charge in [0.2, 0.25) is 0 Å². The largest absolute Gasteiger partial charge is 0.335 e. The average molecular weight is 257 g/mol. The molecule has 0 bridgehead atoms. The highest BCUT2D eigenvalue weighted by atomic mass is 16.1. The van der Waals surface area contributed by atoms with Crippen LogP contribution in [0.5, 0.6) is 0 Å². The van der Waals surface area contributed by atoms with Gasteiger partial charge in [0, 0.05) is 24.5 Å². The minimum atomic E-state index is 0.102. The Morgan fingerprint density at radius 2 is 2.16 bits per heavy atom. The van der Waals surface area contributed by atoms with Crippen LogP contribution in [0, 0.1) is 0 Å². The predicted octanol–water partition coefficient (Wildman–Crippen LogP) is 1.83. The molecule has 0 atom stereocenters. The van der Waals surface area contributed by atoms with Gasteiger partial charge in [0.15, 0.2) is 5.78 Å². The number of nitrogens with zero attached hydrogens (tertiary/aromatic N) is 2. The third-order valence-corrected chi connectivity index (χ3v) is 3.19. The fourth-order valence-corrected chi connectivity index (χ4v) is 2.20. The summed E-state index contributed by atoms with van der Waals surface area (Å²) in [6.07, 6.45) is 4.69. The number of aryl methyl sites for hydroxylation is 1. The molecule has 2 N–H and O–H groups in total. The monoisotopic (exact) mass is 257 g/mol. The maximum absolute atomic E-state index is 12.4. The summed E-state index contributed by atoms with van der Waals surface area (Å²) in [5.74, 6) is 0.917. The molecule has 1 aromatic heterocycles. The highest BCUT2D eigenvalue weighted by molar-refractivity contribution is 5.98. The molecule has 0 aliphatic heterocycles. The summed E-state index contributed by atoms with van der Waals surface area (Å²) < 4.78 is 1.99. The Morgan fingerprint density at radius 3 is 2.89 bits per heavy atom. The van der Waals surface area contributed by atoms with E-state index in [2.05, 4.69) is 4.98 Å². The molecule has 0 radical (unpaired) electrons. The molecule has 4 heteroatoms. The van der Waals surface area contributed by atoms with Crippen LogP contribution < -0.4 is 5.73 Å². The Morgan fingerprint density at radius 1 is 1.37 bits per heavy atom. The number of benzene rings is 1. The van der Waals surface area contributed by atoms with Crippen molar-refractivity contribution in [1.29, 1.82) is 0 Å². The third-order valence-electron chi connectivity index (χ3n) is 3.19. The molecule has 2 aromatic rings. The minimum absolute atomic E-state index is 0.102. The average Bonchev–Trinajstić information content (AvgIpc) is 2.87. The van der Waals surface area contributed by atoms with E-state index < -0.39 is 0 Å². The predicted molar refractivity (Wildman–Crippen MR) is 75.1 cm³/mol. The van der Waals surface area contributed by atoms with Gasteiger partial charge in [-0.1, -0.05) is 24.3 Å². The summed E-state index contributed by atoms with van der Waals surface area (Å²) in [5.41, 5.74) is 7.36. The molecule has 1 aromatic carbocycles. The highest BCUT2D eigenvalue weighted by Gasteiger charge is 2.13. The molecular weight excluding hydrogens is 238 g/mol. The van der Waals surface area contributed by atoms with Crippen LogP contribution in [-0.2, 0) is 19.4 Å². The van der Waals surface area contributed by atoms with Crippen LogP contribution in [0.3, 0.4) is 0 Å². The van der Waals surface area contributed by atoms with Crippen LogP contribution in [0.1, 0.15) is 28.7 Å². The van der Waals surface area contributed by atoms with Gasteiger partial charge < -0.3 is 10.3 Å². The lowest BCUT2D eigenvalue weighted by Crippen LogP contribution is -2.13. The Kier molecular flexibility index (Phi) is 4.47. The summed E-state index contributed by atoms with van der Waals surface area (Å²) in [4.78, 5) is 16.6. The van der Waals surface area contributed by atoms with E-state index in [9.17, 15) is 4.79 Å². The molecule has 0 saturated carbocycles. The second-order valence-corrected chi connectivity index (χ2v) is 4.43. The normalized spacial score (nSPS) is 10.6. The minimum Gasteiger partial charge on any atom is -0.335 e. The summed E-state index contributed by atoms with van der Waals surface area (Å²) in [5, 5.41) is 0. The standard InChI is InChI=1S/C15H19N3O/c1-2-18-10-9-17-15(18)11-14(19)13-6-4-3-5-12(13)7-8-16/h3-6,9-10H,2,7-8,11,16H2,1H3. The molecule has 0 fully saturated rings. The lowest BCUT2D eigenvalue weighted by Gasteiger charge is -2.08. The van der Waals surface area contributed by atoms with Gasteiger partial charge in [-0.2, -0.15) is 0 Å². The lowest BCUT2D eigenvalue weighted by atomic mass is 9.99. The number of nitrogens with two attached hydrogens (primary N) is 1.